The smallest absolute Gasteiger partial charge is 0.254 e. The van der Waals surface area contributed by atoms with E-state index in [1.54, 1.807) is 29.5 Å². The minimum absolute atomic E-state index is 0.0892. The van der Waals surface area contributed by atoms with E-state index in [1.165, 1.54) is 4.88 Å². The summed E-state index contributed by atoms with van der Waals surface area (Å²) in [4.78, 5) is 20.8. The van der Waals surface area contributed by atoms with Crippen molar-refractivity contribution in [1.82, 2.24) is 19.7 Å². The van der Waals surface area contributed by atoms with Crippen LogP contribution in [-0.4, -0.2) is 51.9 Å². The van der Waals surface area contributed by atoms with Gasteiger partial charge in [0.1, 0.15) is 6.61 Å². The number of hydrogen-bond donors (Lipinski definition) is 0. The fourth-order valence-electron chi connectivity index (χ4n) is 3.76. The van der Waals surface area contributed by atoms with Crippen LogP contribution in [0.3, 0.4) is 0 Å². The van der Waals surface area contributed by atoms with Crippen molar-refractivity contribution in [2.45, 2.75) is 19.6 Å². The van der Waals surface area contributed by atoms with E-state index in [-0.39, 0.29) is 12.0 Å². The van der Waals surface area contributed by atoms with Gasteiger partial charge in [0, 0.05) is 17.6 Å². The maximum atomic E-state index is 13.3. The fraction of sp³-hybridized carbons (Fsp3) is 0.261. The number of rotatable bonds is 5. The monoisotopic (exact) mass is 434 g/mol. The minimum Gasteiger partial charge on any atom is -0.486 e. The Morgan fingerprint density at radius 3 is 2.90 bits per heavy atom. The number of para-hydroxylation sites is 2. The Balaban J connectivity index is 1.37. The molecular formula is C23H22N4O3S. The van der Waals surface area contributed by atoms with Gasteiger partial charge in [-0.1, -0.05) is 18.2 Å². The Kier molecular flexibility index (Phi) is 5.07. The molecule has 31 heavy (non-hydrogen) atoms. The van der Waals surface area contributed by atoms with E-state index in [0.29, 0.717) is 31.0 Å². The summed E-state index contributed by atoms with van der Waals surface area (Å²) in [5.41, 5.74) is 2.10. The summed E-state index contributed by atoms with van der Waals surface area (Å²) in [6, 6.07) is 13.5. The quantitative estimate of drug-likeness (QED) is 0.478. The van der Waals surface area contributed by atoms with Crippen molar-refractivity contribution in [3.05, 3.63) is 70.2 Å². The highest BCUT2D eigenvalue weighted by Crippen LogP contribution is 2.31. The molecule has 0 bridgehead atoms. The molecule has 5 rings (SSSR count). The van der Waals surface area contributed by atoms with Crippen LogP contribution >= 0.6 is 11.3 Å². The second-order valence-corrected chi connectivity index (χ2v) is 8.65. The van der Waals surface area contributed by atoms with Crippen molar-refractivity contribution in [3.63, 3.8) is 0 Å². The number of thiophene rings is 1. The highest BCUT2D eigenvalue weighted by atomic mass is 32.1. The summed E-state index contributed by atoms with van der Waals surface area (Å²) < 4.78 is 13.6. The maximum Gasteiger partial charge on any atom is 0.254 e. The molecule has 0 saturated heterocycles. The van der Waals surface area contributed by atoms with Crippen molar-refractivity contribution < 1.29 is 14.3 Å². The second-order valence-electron chi connectivity index (χ2n) is 7.61. The number of fused-ring (bicyclic) bond motifs is 2. The normalized spacial score (nSPS) is 15.2. The molecule has 1 atom stereocenters. The van der Waals surface area contributed by atoms with Gasteiger partial charge in [0.2, 0.25) is 0 Å². The van der Waals surface area contributed by atoms with Crippen LogP contribution in [0.4, 0.5) is 0 Å². The molecule has 1 aliphatic heterocycles. The minimum atomic E-state index is -0.233. The van der Waals surface area contributed by atoms with E-state index in [1.807, 2.05) is 53.4 Å². The molecule has 8 heteroatoms. The number of aryl methyl sites for hydroxylation is 1. The number of amides is 1. The molecule has 0 radical (unpaired) electrons. The van der Waals surface area contributed by atoms with Gasteiger partial charge in [-0.15, -0.1) is 11.3 Å². The third kappa shape index (κ3) is 3.86. The highest BCUT2D eigenvalue weighted by molar-refractivity contribution is 7.09. The molecule has 4 heterocycles. The topological polar surface area (TPSA) is 69.5 Å². The lowest BCUT2D eigenvalue weighted by Crippen LogP contribution is -2.41. The average molecular weight is 435 g/mol. The highest BCUT2D eigenvalue weighted by Gasteiger charge is 2.25. The average Bonchev–Trinajstić information content (AvgIpc) is 3.43. The number of likely N-dealkylation sites (N-methyl/N-ethyl adjacent to an activating group) is 1. The van der Waals surface area contributed by atoms with E-state index in [9.17, 15) is 4.79 Å². The predicted molar refractivity (Wildman–Crippen MR) is 119 cm³/mol. The molecule has 158 valence electrons. The van der Waals surface area contributed by atoms with Crippen LogP contribution < -0.4 is 9.47 Å². The first-order valence-corrected chi connectivity index (χ1v) is 11.0. The molecule has 1 aromatic carbocycles. The molecule has 0 spiro atoms. The van der Waals surface area contributed by atoms with Gasteiger partial charge < -0.3 is 14.4 Å². The van der Waals surface area contributed by atoms with E-state index in [0.717, 1.165) is 22.5 Å². The molecule has 0 N–H and O–H groups in total. The summed E-state index contributed by atoms with van der Waals surface area (Å²) in [7, 11) is 1.78. The van der Waals surface area contributed by atoms with Crippen molar-refractivity contribution in [3.8, 4) is 11.5 Å². The van der Waals surface area contributed by atoms with Gasteiger partial charge in [0.15, 0.2) is 23.3 Å². The number of hydrogen-bond acceptors (Lipinski definition) is 6. The van der Waals surface area contributed by atoms with Crippen LogP contribution in [0, 0.1) is 6.92 Å². The number of benzene rings is 1. The lowest BCUT2D eigenvalue weighted by molar-refractivity contribution is 0.0522. The third-order valence-electron chi connectivity index (χ3n) is 5.25. The summed E-state index contributed by atoms with van der Waals surface area (Å²) in [6.07, 6.45) is 1.50. The molecule has 1 amide bonds. The first kappa shape index (κ1) is 19.6. The number of nitrogens with zero attached hydrogens (tertiary/aromatic N) is 4. The lowest BCUT2D eigenvalue weighted by atomic mass is 10.1. The van der Waals surface area contributed by atoms with Gasteiger partial charge in [-0.05, 0) is 36.6 Å². The Morgan fingerprint density at radius 2 is 2.10 bits per heavy atom. The first-order chi connectivity index (χ1) is 15.1. The van der Waals surface area contributed by atoms with E-state index < -0.39 is 0 Å². The molecule has 1 unspecified atom stereocenters. The molecule has 0 aliphatic carbocycles. The number of pyridine rings is 1. The summed E-state index contributed by atoms with van der Waals surface area (Å²) in [5, 5.41) is 7.30. The van der Waals surface area contributed by atoms with Gasteiger partial charge in [0.25, 0.3) is 5.91 Å². The van der Waals surface area contributed by atoms with Crippen LogP contribution in [0.25, 0.3) is 11.0 Å². The molecule has 0 saturated carbocycles. The molecule has 7 nitrogen and oxygen atoms in total. The standard InChI is InChI=1S/C23H22N4O3S/c1-15-10-18(19-11-24-27(22(19)25-15)13-17-6-5-9-31-17)23(28)26(2)12-16-14-29-20-7-3-4-8-21(20)30-16/h3-11,16H,12-14H2,1-2H3. The van der Waals surface area contributed by atoms with Gasteiger partial charge >= 0.3 is 0 Å². The van der Waals surface area contributed by atoms with Crippen molar-refractivity contribution in [2.75, 3.05) is 20.2 Å². The zero-order chi connectivity index (χ0) is 21.4. The summed E-state index contributed by atoms with van der Waals surface area (Å²) >= 11 is 1.67. The van der Waals surface area contributed by atoms with Gasteiger partial charge in [-0.2, -0.15) is 5.10 Å². The largest absolute Gasteiger partial charge is 0.486 e. The third-order valence-corrected chi connectivity index (χ3v) is 6.11. The number of carbonyl (C=O) groups excluding carboxylic acids is 1. The Morgan fingerprint density at radius 1 is 1.26 bits per heavy atom. The Hall–Kier alpha value is -3.39. The van der Waals surface area contributed by atoms with Gasteiger partial charge in [0.05, 0.1) is 30.2 Å². The maximum absolute atomic E-state index is 13.3. The lowest BCUT2D eigenvalue weighted by Gasteiger charge is -2.29. The molecule has 3 aromatic heterocycles. The van der Waals surface area contributed by atoms with Gasteiger partial charge in [-0.3, -0.25) is 4.79 Å². The first-order valence-electron chi connectivity index (χ1n) is 10.1. The van der Waals surface area contributed by atoms with E-state index in [2.05, 4.69) is 16.1 Å². The number of aromatic nitrogens is 3. The number of ether oxygens (including phenoxy) is 2. The molecular weight excluding hydrogens is 412 g/mol. The van der Waals surface area contributed by atoms with Crippen LogP contribution in [0.15, 0.2) is 54.0 Å². The summed E-state index contributed by atoms with van der Waals surface area (Å²) in [6.45, 7) is 3.35. The van der Waals surface area contributed by atoms with Crippen LogP contribution in [0.5, 0.6) is 11.5 Å². The molecule has 1 aliphatic rings. The Bertz CT molecular complexity index is 1240. The second kappa shape index (κ2) is 8.03. The van der Waals surface area contributed by atoms with Crippen molar-refractivity contribution >= 4 is 28.3 Å². The predicted octanol–water partition coefficient (Wildman–Crippen LogP) is 3.76. The van der Waals surface area contributed by atoms with Crippen molar-refractivity contribution in [2.24, 2.45) is 0 Å². The SMILES string of the molecule is Cc1cc(C(=O)N(C)CC2COc3ccccc3O2)c2cnn(Cc3cccs3)c2n1. The van der Waals surface area contributed by atoms with Gasteiger partial charge in [-0.25, -0.2) is 9.67 Å². The van der Waals surface area contributed by atoms with E-state index >= 15 is 0 Å². The molecule has 0 fully saturated rings. The van der Waals surface area contributed by atoms with Crippen LogP contribution in [-0.2, 0) is 6.54 Å². The van der Waals surface area contributed by atoms with Crippen LogP contribution in [0.2, 0.25) is 0 Å². The summed E-state index contributed by atoms with van der Waals surface area (Å²) in [5.74, 6) is 1.35. The number of carbonyl (C=O) groups is 1. The van der Waals surface area contributed by atoms with E-state index in [4.69, 9.17) is 9.47 Å². The zero-order valence-electron chi connectivity index (χ0n) is 17.3. The van der Waals surface area contributed by atoms with Crippen molar-refractivity contribution in [1.29, 1.82) is 0 Å². The Labute approximate surface area is 183 Å². The molecule has 4 aromatic rings. The zero-order valence-corrected chi connectivity index (χ0v) is 18.1. The van der Waals surface area contributed by atoms with Crippen LogP contribution in [0.1, 0.15) is 20.9 Å². The fourth-order valence-corrected chi connectivity index (χ4v) is 4.45.